The van der Waals surface area contributed by atoms with Crippen LogP contribution in [0, 0.1) is 13.8 Å². The van der Waals surface area contributed by atoms with Gasteiger partial charge in [-0.05, 0) is 55.3 Å². The number of rotatable bonds is 3. The van der Waals surface area contributed by atoms with Crippen LogP contribution in [0.2, 0.25) is 0 Å². The molecule has 0 aliphatic rings. The average molecular weight is 334 g/mol. The molecular weight excluding hydrogens is 318 g/mol. The lowest BCUT2D eigenvalue weighted by Gasteiger charge is -2.11. The summed E-state index contributed by atoms with van der Waals surface area (Å²) in [6.07, 6.45) is 0. The molecule has 0 unspecified atom stereocenters. The van der Waals surface area contributed by atoms with Crippen molar-refractivity contribution in [1.82, 2.24) is 0 Å². The number of carbonyl (C=O) groups excluding carboxylic acids is 1. The van der Waals surface area contributed by atoms with Crippen molar-refractivity contribution in [3.63, 3.8) is 0 Å². The van der Waals surface area contributed by atoms with Gasteiger partial charge >= 0.3 is 0 Å². The maximum Gasteiger partial charge on any atom is 0.255 e. The first-order valence-corrected chi connectivity index (χ1v) is 7.02. The van der Waals surface area contributed by atoms with E-state index in [1.54, 1.807) is 13.2 Å². The van der Waals surface area contributed by atoms with E-state index in [-0.39, 0.29) is 5.91 Å². The molecule has 2 rings (SSSR count). The summed E-state index contributed by atoms with van der Waals surface area (Å²) in [5.74, 6) is 0.494. The smallest absolute Gasteiger partial charge is 0.255 e. The number of methoxy groups -OCH3 is 1. The fraction of sp³-hybridized carbons (Fsp3) is 0.188. The Morgan fingerprint density at radius 1 is 1.10 bits per heavy atom. The third kappa shape index (κ3) is 3.39. The van der Waals surface area contributed by atoms with E-state index in [0.29, 0.717) is 17.0 Å². The Morgan fingerprint density at radius 2 is 1.85 bits per heavy atom. The Morgan fingerprint density at radius 3 is 2.50 bits per heavy atom. The molecule has 1 N–H and O–H groups in total. The van der Waals surface area contributed by atoms with E-state index in [0.717, 1.165) is 15.6 Å². The van der Waals surface area contributed by atoms with Crippen LogP contribution in [0.4, 0.5) is 5.69 Å². The first-order chi connectivity index (χ1) is 9.49. The predicted octanol–water partition coefficient (Wildman–Crippen LogP) is 4.33. The molecule has 3 nitrogen and oxygen atoms in total. The minimum atomic E-state index is -0.154. The van der Waals surface area contributed by atoms with Crippen LogP contribution in [0.15, 0.2) is 40.9 Å². The molecule has 2 aromatic carbocycles. The normalized spacial score (nSPS) is 10.2. The fourth-order valence-corrected chi connectivity index (χ4v) is 2.59. The zero-order valence-corrected chi connectivity index (χ0v) is 13.2. The topological polar surface area (TPSA) is 38.3 Å². The van der Waals surface area contributed by atoms with Crippen molar-refractivity contribution in [3.8, 4) is 5.75 Å². The van der Waals surface area contributed by atoms with Gasteiger partial charge in [-0.25, -0.2) is 0 Å². The molecule has 0 aliphatic carbocycles. The second kappa shape index (κ2) is 6.09. The molecule has 1 amide bonds. The molecule has 0 atom stereocenters. The molecular formula is C16H16BrNO2. The van der Waals surface area contributed by atoms with Crippen molar-refractivity contribution in [2.24, 2.45) is 0 Å². The molecule has 0 saturated heterocycles. The quantitative estimate of drug-likeness (QED) is 0.907. The lowest BCUT2D eigenvalue weighted by Crippen LogP contribution is -2.13. The van der Waals surface area contributed by atoms with E-state index in [9.17, 15) is 4.79 Å². The van der Waals surface area contributed by atoms with Gasteiger partial charge in [0, 0.05) is 10.0 Å². The molecule has 0 aliphatic heterocycles. The first-order valence-electron chi connectivity index (χ1n) is 6.23. The van der Waals surface area contributed by atoms with Crippen LogP contribution in [0.3, 0.4) is 0 Å². The molecule has 4 heteroatoms. The Labute approximate surface area is 127 Å². The van der Waals surface area contributed by atoms with E-state index in [2.05, 4.69) is 21.2 Å². The van der Waals surface area contributed by atoms with Gasteiger partial charge in [0.2, 0.25) is 0 Å². The monoisotopic (exact) mass is 333 g/mol. The van der Waals surface area contributed by atoms with Crippen molar-refractivity contribution < 1.29 is 9.53 Å². The summed E-state index contributed by atoms with van der Waals surface area (Å²) in [6, 6.07) is 11.3. The van der Waals surface area contributed by atoms with Crippen LogP contribution in [0.25, 0.3) is 0 Å². The number of amides is 1. The molecule has 0 heterocycles. The minimum absolute atomic E-state index is 0.154. The van der Waals surface area contributed by atoms with Crippen molar-refractivity contribution in [1.29, 1.82) is 0 Å². The highest BCUT2D eigenvalue weighted by Gasteiger charge is 2.11. The number of nitrogens with one attached hydrogen (secondary N) is 1. The van der Waals surface area contributed by atoms with E-state index >= 15 is 0 Å². The van der Waals surface area contributed by atoms with E-state index in [1.165, 1.54) is 0 Å². The van der Waals surface area contributed by atoms with Crippen LogP contribution in [-0.4, -0.2) is 13.0 Å². The van der Waals surface area contributed by atoms with Crippen LogP contribution in [0.5, 0.6) is 5.75 Å². The lowest BCUT2D eigenvalue weighted by molar-refractivity contribution is 0.102. The van der Waals surface area contributed by atoms with Crippen molar-refractivity contribution in [2.75, 3.05) is 12.4 Å². The molecule has 0 saturated carbocycles. The summed E-state index contributed by atoms with van der Waals surface area (Å²) in [5, 5.41) is 2.89. The highest BCUT2D eigenvalue weighted by atomic mass is 79.9. The number of halogens is 1. The molecule has 2 aromatic rings. The zero-order chi connectivity index (χ0) is 14.7. The van der Waals surface area contributed by atoms with Gasteiger partial charge in [0.1, 0.15) is 5.75 Å². The standard InChI is InChI=1S/C16H16BrNO2/c1-10-4-5-15(20-3)14(8-10)18-16(19)12-6-11(2)7-13(17)9-12/h4-9H,1-3H3,(H,18,19). The summed E-state index contributed by atoms with van der Waals surface area (Å²) >= 11 is 3.40. The van der Waals surface area contributed by atoms with Gasteiger partial charge in [-0.3, -0.25) is 4.79 Å². The van der Waals surface area contributed by atoms with Gasteiger partial charge in [-0.1, -0.05) is 22.0 Å². The lowest BCUT2D eigenvalue weighted by atomic mass is 10.1. The van der Waals surface area contributed by atoms with Gasteiger partial charge < -0.3 is 10.1 Å². The summed E-state index contributed by atoms with van der Waals surface area (Å²) < 4.78 is 6.15. The van der Waals surface area contributed by atoms with Crippen molar-refractivity contribution in [3.05, 3.63) is 57.6 Å². The third-order valence-electron chi connectivity index (χ3n) is 2.91. The zero-order valence-electron chi connectivity index (χ0n) is 11.7. The number of hydrogen-bond donors (Lipinski definition) is 1. The van der Waals surface area contributed by atoms with Gasteiger partial charge in [-0.15, -0.1) is 0 Å². The van der Waals surface area contributed by atoms with Crippen LogP contribution in [0.1, 0.15) is 21.5 Å². The van der Waals surface area contributed by atoms with Gasteiger partial charge in [-0.2, -0.15) is 0 Å². The summed E-state index contributed by atoms with van der Waals surface area (Å²) in [7, 11) is 1.59. The summed E-state index contributed by atoms with van der Waals surface area (Å²) in [5.41, 5.74) is 3.38. The molecule has 20 heavy (non-hydrogen) atoms. The van der Waals surface area contributed by atoms with Crippen molar-refractivity contribution >= 4 is 27.5 Å². The fourth-order valence-electron chi connectivity index (χ4n) is 1.98. The second-order valence-electron chi connectivity index (χ2n) is 4.68. The number of carbonyl (C=O) groups is 1. The number of ether oxygens (including phenoxy) is 1. The maximum absolute atomic E-state index is 12.3. The maximum atomic E-state index is 12.3. The third-order valence-corrected chi connectivity index (χ3v) is 3.37. The van der Waals surface area contributed by atoms with E-state index in [4.69, 9.17) is 4.74 Å². The highest BCUT2D eigenvalue weighted by molar-refractivity contribution is 9.10. The first kappa shape index (κ1) is 14.6. The van der Waals surface area contributed by atoms with Gasteiger partial charge in [0.15, 0.2) is 0 Å². The number of hydrogen-bond acceptors (Lipinski definition) is 2. The average Bonchev–Trinajstić information content (AvgIpc) is 2.37. The van der Waals surface area contributed by atoms with Gasteiger partial charge in [0.25, 0.3) is 5.91 Å². The number of anilines is 1. The van der Waals surface area contributed by atoms with E-state index in [1.807, 2.05) is 44.2 Å². The Bertz CT molecular complexity index is 633. The number of aryl methyl sites for hydroxylation is 2. The van der Waals surface area contributed by atoms with Crippen LogP contribution >= 0.6 is 15.9 Å². The van der Waals surface area contributed by atoms with Gasteiger partial charge in [0.05, 0.1) is 12.8 Å². The Kier molecular flexibility index (Phi) is 4.45. The highest BCUT2D eigenvalue weighted by Crippen LogP contribution is 2.26. The van der Waals surface area contributed by atoms with E-state index < -0.39 is 0 Å². The summed E-state index contributed by atoms with van der Waals surface area (Å²) in [6.45, 7) is 3.92. The predicted molar refractivity (Wildman–Crippen MR) is 84.6 cm³/mol. The van der Waals surface area contributed by atoms with Crippen LogP contribution < -0.4 is 10.1 Å². The summed E-state index contributed by atoms with van der Waals surface area (Å²) in [4.78, 5) is 12.3. The molecule has 0 bridgehead atoms. The van der Waals surface area contributed by atoms with Crippen LogP contribution in [-0.2, 0) is 0 Å². The molecule has 104 valence electrons. The van der Waals surface area contributed by atoms with Crippen molar-refractivity contribution in [2.45, 2.75) is 13.8 Å². The minimum Gasteiger partial charge on any atom is -0.495 e. The SMILES string of the molecule is COc1ccc(C)cc1NC(=O)c1cc(C)cc(Br)c1. The molecule has 0 radical (unpaired) electrons. The second-order valence-corrected chi connectivity index (χ2v) is 5.59. The largest absolute Gasteiger partial charge is 0.495 e. The molecule has 0 fully saturated rings. The Hall–Kier alpha value is -1.81. The number of benzene rings is 2. The Balaban J connectivity index is 2.29. The molecule has 0 spiro atoms. The molecule has 0 aromatic heterocycles.